The van der Waals surface area contributed by atoms with Gasteiger partial charge in [-0.3, -0.25) is 0 Å². The van der Waals surface area contributed by atoms with Crippen molar-refractivity contribution in [3.63, 3.8) is 0 Å². The number of benzene rings is 8. The van der Waals surface area contributed by atoms with Crippen LogP contribution in [0.5, 0.6) is 0 Å². The second-order valence-electron chi connectivity index (χ2n) is 12.9. The van der Waals surface area contributed by atoms with Crippen molar-refractivity contribution in [2.75, 3.05) is 0 Å². The van der Waals surface area contributed by atoms with E-state index in [-0.39, 0.29) is 0 Å². The Hall–Kier alpha value is -7.11. The molecule has 0 saturated heterocycles. The van der Waals surface area contributed by atoms with E-state index in [4.69, 9.17) is 24.9 Å². The number of para-hydroxylation sites is 1. The third-order valence-electron chi connectivity index (χ3n) is 9.69. The number of fused-ring (bicyclic) bond motifs is 7. The van der Waals surface area contributed by atoms with E-state index < -0.39 is 0 Å². The summed E-state index contributed by atoms with van der Waals surface area (Å²) in [5, 5.41) is 7.83. The summed E-state index contributed by atoms with van der Waals surface area (Å²) in [6.45, 7) is 0. The molecule has 2 heterocycles. The minimum atomic E-state index is 0.599. The van der Waals surface area contributed by atoms with Gasteiger partial charge in [-0.1, -0.05) is 158 Å². The highest BCUT2D eigenvalue weighted by Gasteiger charge is 2.21. The fraction of sp³-hybridized carbons (Fsp3) is 0. The molecule has 5 heteroatoms. The van der Waals surface area contributed by atoms with Crippen LogP contribution >= 0.6 is 0 Å². The first-order valence-corrected chi connectivity index (χ1v) is 17.4. The van der Waals surface area contributed by atoms with E-state index in [0.29, 0.717) is 23.3 Å². The van der Waals surface area contributed by atoms with Crippen LogP contribution in [0.2, 0.25) is 0 Å². The van der Waals surface area contributed by atoms with Gasteiger partial charge < -0.3 is 0 Å². The quantitative estimate of drug-likeness (QED) is 0.171. The zero-order chi connectivity index (χ0) is 34.4. The highest BCUT2D eigenvalue weighted by atomic mass is 15.0. The predicted octanol–water partition coefficient (Wildman–Crippen LogP) is 11.6. The van der Waals surface area contributed by atoms with Crippen LogP contribution in [0.15, 0.2) is 176 Å². The fourth-order valence-electron chi connectivity index (χ4n) is 7.29. The highest BCUT2D eigenvalue weighted by Crippen LogP contribution is 2.43. The smallest absolute Gasteiger partial charge is 0.164 e. The van der Waals surface area contributed by atoms with Crippen molar-refractivity contribution in [2.45, 2.75) is 0 Å². The molecule has 0 amide bonds. The van der Waals surface area contributed by atoms with E-state index in [9.17, 15) is 0 Å². The average molecular weight is 664 g/mol. The van der Waals surface area contributed by atoms with Crippen LogP contribution < -0.4 is 0 Å². The number of hydrogen-bond donors (Lipinski definition) is 0. The van der Waals surface area contributed by atoms with Gasteiger partial charge in [-0.15, -0.1) is 0 Å². The normalized spacial score (nSPS) is 11.5. The topological polar surface area (TPSA) is 64.5 Å². The molecule has 242 valence electrons. The van der Waals surface area contributed by atoms with E-state index in [0.717, 1.165) is 66.0 Å². The van der Waals surface area contributed by atoms with Crippen molar-refractivity contribution < 1.29 is 0 Å². The summed E-state index contributed by atoms with van der Waals surface area (Å²) in [6.07, 6.45) is 0. The molecule has 8 aromatic carbocycles. The highest BCUT2D eigenvalue weighted by molar-refractivity contribution is 6.29. The summed E-state index contributed by atoms with van der Waals surface area (Å²) in [7, 11) is 0. The van der Waals surface area contributed by atoms with Crippen LogP contribution in [0.1, 0.15) is 0 Å². The van der Waals surface area contributed by atoms with Gasteiger partial charge in [0.2, 0.25) is 0 Å². The molecule has 0 aliphatic rings. The maximum atomic E-state index is 5.29. The first-order chi connectivity index (χ1) is 25.8. The van der Waals surface area contributed by atoms with Gasteiger partial charge in [0.05, 0.1) is 11.2 Å². The molecule has 10 rings (SSSR count). The van der Waals surface area contributed by atoms with Gasteiger partial charge >= 0.3 is 0 Å². The Morgan fingerprint density at radius 3 is 1.27 bits per heavy atom. The minimum Gasteiger partial charge on any atom is -0.228 e. The molecule has 52 heavy (non-hydrogen) atoms. The number of hydrogen-bond acceptors (Lipinski definition) is 5. The molecule has 0 atom stereocenters. The van der Waals surface area contributed by atoms with Gasteiger partial charge in [0.25, 0.3) is 0 Å². The number of rotatable bonds is 5. The second kappa shape index (κ2) is 12.3. The van der Waals surface area contributed by atoms with E-state index in [1.165, 1.54) is 10.8 Å². The number of nitrogens with zero attached hydrogens (tertiary/aromatic N) is 5. The van der Waals surface area contributed by atoms with E-state index >= 15 is 0 Å². The molecule has 0 fully saturated rings. The first kappa shape index (κ1) is 29.8. The Labute approximate surface area is 300 Å². The molecule has 0 N–H and O–H groups in total. The fourth-order valence-corrected chi connectivity index (χ4v) is 7.29. The lowest BCUT2D eigenvalue weighted by molar-refractivity contribution is 1.08. The third kappa shape index (κ3) is 5.07. The van der Waals surface area contributed by atoms with Gasteiger partial charge in [0.1, 0.15) is 0 Å². The van der Waals surface area contributed by atoms with Gasteiger partial charge in [-0.25, -0.2) is 24.9 Å². The van der Waals surface area contributed by atoms with Crippen LogP contribution in [-0.4, -0.2) is 24.9 Å². The summed E-state index contributed by atoms with van der Waals surface area (Å²) in [4.78, 5) is 25.8. The standard InChI is InChI=1S/C47H29N5/c1-4-16-30(17-5-1)44-48-41-27-15-14-26-38(41)43(49-44)33-28-39-36-24-11-10-22-34(36)35-23-12-13-25-37(35)42(39)40(29-33)47-51-45(31-18-6-2-7-19-31)50-46(52-47)32-20-8-3-9-21-32/h1-29H. The summed E-state index contributed by atoms with van der Waals surface area (Å²) in [5.74, 6) is 2.51. The molecule has 0 aliphatic carbocycles. The zero-order valence-corrected chi connectivity index (χ0v) is 28.0. The van der Waals surface area contributed by atoms with Crippen molar-refractivity contribution in [2.24, 2.45) is 0 Å². The Morgan fingerprint density at radius 2 is 0.692 bits per heavy atom. The van der Waals surface area contributed by atoms with Gasteiger partial charge in [-0.2, -0.15) is 0 Å². The van der Waals surface area contributed by atoms with Crippen LogP contribution in [-0.2, 0) is 0 Å². The largest absolute Gasteiger partial charge is 0.228 e. The van der Waals surface area contributed by atoms with E-state index in [1.54, 1.807) is 0 Å². The molecular weight excluding hydrogens is 635 g/mol. The van der Waals surface area contributed by atoms with Gasteiger partial charge in [0.15, 0.2) is 23.3 Å². The molecule has 0 saturated carbocycles. The molecule has 0 bridgehead atoms. The molecule has 0 radical (unpaired) electrons. The van der Waals surface area contributed by atoms with Crippen molar-refractivity contribution in [3.8, 4) is 56.8 Å². The third-order valence-corrected chi connectivity index (χ3v) is 9.69. The van der Waals surface area contributed by atoms with Crippen LogP contribution in [0.3, 0.4) is 0 Å². The van der Waals surface area contributed by atoms with E-state index in [1.807, 2.05) is 91.0 Å². The summed E-state index contributed by atoms with van der Waals surface area (Å²) >= 11 is 0. The molecule has 0 spiro atoms. The molecule has 0 unspecified atom stereocenters. The van der Waals surface area contributed by atoms with Crippen molar-refractivity contribution in [3.05, 3.63) is 176 Å². The lowest BCUT2D eigenvalue weighted by Gasteiger charge is -2.17. The maximum absolute atomic E-state index is 5.29. The summed E-state index contributed by atoms with van der Waals surface area (Å²) < 4.78 is 0. The van der Waals surface area contributed by atoms with E-state index in [2.05, 4.69) is 84.9 Å². The summed E-state index contributed by atoms with van der Waals surface area (Å²) in [6, 6.07) is 60.4. The Bertz CT molecular complexity index is 2890. The van der Waals surface area contributed by atoms with Crippen molar-refractivity contribution in [1.29, 1.82) is 0 Å². The zero-order valence-electron chi connectivity index (χ0n) is 28.0. The van der Waals surface area contributed by atoms with Gasteiger partial charge in [-0.05, 0) is 45.1 Å². The molecular formula is C47H29N5. The van der Waals surface area contributed by atoms with Crippen LogP contribution in [0.25, 0.3) is 100 Å². The second-order valence-corrected chi connectivity index (χ2v) is 12.9. The SMILES string of the molecule is c1ccc(-c2nc(-c3ccccc3)nc(-c3cc(-c4nc(-c5ccccc5)nc5ccccc45)cc4c5ccccc5c5ccccc5c34)n2)cc1. The summed E-state index contributed by atoms with van der Waals surface area (Å²) in [5.41, 5.74) is 6.42. The predicted molar refractivity (Wildman–Crippen MR) is 213 cm³/mol. The Kier molecular flexibility index (Phi) is 7.07. The van der Waals surface area contributed by atoms with Crippen molar-refractivity contribution in [1.82, 2.24) is 24.9 Å². The van der Waals surface area contributed by atoms with Crippen LogP contribution in [0, 0.1) is 0 Å². The molecule has 10 aromatic rings. The van der Waals surface area contributed by atoms with Crippen LogP contribution in [0.4, 0.5) is 0 Å². The monoisotopic (exact) mass is 663 g/mol. The lowest BCUT2D eigenvalue weighted by Crippen LogP contribution is -2.01. The molecule has 0 aliphatic heterocycles. The van der Waals surface area contributed by atoms with Crippen molar-refractivity contribution >= 4 is 43.2 Å². The lowest BCUT2D eigenvalue weighted by atomic mass is 9.89. The first-order valence-electron chi connectivity index (χ1n) is 17.4. The molecule has 2 aromatic heterocycles. The number of aromatic nitrogens is 5. The van der Waals surface area contributed by atoms with Gasteiger partial charge in [0, 0.05) is 38.6 Å². The average Bonchev–Trinajstić information content (AvgIpc) is 3.23. The maximum Gasteiger partial charge on any atom is 0.164 e. The Morgan fingerprint density at radius 1 is 0.269 bits per heavy atom. The Balaban J connectivity index is 1.36. The molecule has 5 nitrogen and oxygen atoms in total. The minimum absolute atomic E-state index is 0.599.